The zero-order valence-corrected chi connectivity index (χ0v) is 9.22. The van der Waals surface area contributed by atoms with E-state index in [-0.39, 0.29) is 16.1 Å². The molecule has 0 heterocycles. The van der Waals surface area contributed by atoms with E-state index in [1.807, 2.05) is 0 Å². The van der Waals surface area contributed by atoms with Gasteiger partial charge in [-0.15, -0.1) is 0 Å². The Bertz CT molecular complexity index is 434. The van der Waals surface area contributed by atoms with Gasteiger partial charge < -0.3 is 10.8 Å². The van der Waals surface area contributed by atoms with Crippen molar-refractivity contribution in [2.24, 2.45) is 5.73 Å². The van der Waals surface area contributed by atoms with Gasteiger partial charge >= 0.3 is 12.1 Å². The lowest BCUT2D eigenvalue weighted by Crippen LogP contribution is -2.29. The Hall–Kier alpha value is -1.27. The third-order valence-corrected chi connectivity index (χ3v) is 2.37. The number of nitrogens with two attached hydrogens (primary N) is 1. The fraction of sp³-hybridized carbons (Fsp3) is 0.300. The molecule has 0 unspecified atom stereocenters. The van der Waals surface area contributed by atoms with Crippen LogP contribution in [0, 0.1) is 0 Å². The monoisotopic (exact) mass is 267 g/mol. The van der Waals surface area contributed by atoms with Crippen molar-refractivity contribution < 1.29 is 23.1 Å². The van der Waals surface area contributed by atoms with Crippen molar-refractivity contribution in [2.75, 3.05) is 0 Å². The summed E-state index contributed by atoms with van der Waals surface area (Å²) in [6.45, 7) is 0. The van der Waals surface area contributed by atoms with Gasteiger partial charge in [-0.25, -0.2) is 0 Å². The summed E-state index contributed by atoms with van der Waals surface area (Å²) in [5.41, 5.74) is 4.73. The van der Waals surface area contributed by atoms with Gasteiger partial charge in [0.05, 0.1) is 6.42 Å². The van der Waals surface area contributed by atoms with Gasteiger partial charge in [-0.1, -0.05) is 17.7 Å². The number of rotatable bonds is 3. The summed E-state index contributed by atoms with van der Waals surface area (Å²) >= 11 is 5.60. The maximum absolute atomic E-state index is 12.4. The number of alkyl halides is 3. The molecule has 0 saturated heterocycles. The molecule has 1 aromatic carbocycles. The van der Waals surface area contributed by atoms with Gasteiger partial charge in [-0.05, 0) is 23.3 Å². The summed E-state index contributed by atoms with van der Waals surface area (Å²) in [5, 5.41) is 8.77. The summed E-state index contributed by atoms with van der Waals surface area (Å²) in [6, 6.07) is 1.30. The maximum atomic E-state index is 12.4. The number of aliphatic carboxylic acids is 1. The number of carboxylic acids is 1. The minimum absolute atomic E-state index is 0.0326. The van der Waals surface area contributed by atoms with Crippen LogP contribution < -0.4 is 5.73 Å². The second-order valence-electron chi connectivity index (χ2n) is 3.43. The lowest BCUT2D eigenvalue weighted by Gasteiger charge is -2.18. The lowest BCUT2D eigenvalue weighted by atomic mass is 9.98. The first kappa shape index (κ1) is 13.8. The first-order valence-electron chi connectivity index (χ1n) is 4.54. The molecule has 1 rings (SSSR count). The van der Waals surface area contributed by atoms with Crippen LogP contribution in [0.4, 0.5) is 13.2 Å². The zero-order chi connectivity index (χ0) is 13.2. The molecular weight excluding hydrogens is 259 g/mol. The molecule has 0 aromatic heterocycles. The Morgan fingerprint density at radius 2 is 2.06 bits per heavy atom. The number of hydrogen-bond acceptors (Lipinski definition) is 2. The molecule has 0 aliphatic carbocycles. The fourth-order valence-corrected chi connectivity index (χ4v) is 1.56. The minimum atomic E-state index is -4.62. The van der Waals surface area contributed by atoms with Gasteiger partial charge in [0, 0.05) is 5.02 Å². The minimum Gasteiger partial charge on any atom is -0.481 e. The highest BCUT2D eigenvalue weighted by molar-refractivity contribution is 6.30. The van der Waals surface area contributed by atoms with Crippen molar-refractivity contribution in [3.8, 4) is 0 Å². The molecule has 0 aliphatic rings. The van der Waals surface area contributed by atoms with Gasteiger partial charge in [0.2, 0.25) is 0 Å². The average Bonchev–Trinajstić information content (AvgIpc) is 2.14. The Kier molecular flexibility index (Phi) is 4.00. The average molecular weight is 268 g/mol. The van der Waals surface area contributed by atoms with E-state index in [1.165, 1.54) is 12.1 Å². The maximum Gasteiger partial charge on any atom is 0.407 e. The van der Waals surface area contributed by atoms with E-state index in [0.29, 0.717) is 0 Å². The first-order valence-corrected chi connectivity index (χ1v) is 4.92. The molecule has 0 aliphatic heterocycles. The van der Waals surface area contributed by atoms with E-state index in [2.05, 4.69) is 0 Å². The molecule has 1 aromatic rings. The second-order valence-corrected chi connectivity index (χ2v) is 3.87. The molecule has 0 fully saturated rings. The standard InChI is InChI=1S/C10H9ClF3NO2/c11-6-1-2-7(9(15)10(12,13)14)5(3-6)4-8(16)17/h1-3,9H,4,15H2,(H,16,17)/t9-/m1/s1. The molecule has 0 amide bonds. The molecule has 7 heteroatoms. The Morgan fingerprint density at radius 3 is 2.53 bits per heavy atom. The molecule has 0 spiro atoms. The van der Waals surface area contributed by atoms with Gasteiger partial charge in [-0.2, -0.15) is 13.2 Å². The highest BCUT2D eigenvalue weighted by Gasteiger charge is 2.39. The molecule has 3 nitrogen and oxygen atoms in total. The van der Waals surface area contributed by atoms with Crippen LogP contribution in [0.5, 0.6) is 0 Å². The van der Waals surface area contributed by atoms with Crippen molar-refractivity contribution in [2.45, 2.75) is 18.6 Å². The van der Waals surface area contributed by atoms with E-state index >= 15 is 0 Å². The summed E-state index contributed by atoms with van der Waals surface area (Å²) < 4.78 is 37.3. The lowest BCUT2D eigenvalue weighted by molar-refractivity contribution is -0.149. The predicted molar refractivity (Wildman–Crippen MR) is 55.8 cm³/mol. The van der Waals surface area contributed by atoms with E-state index in [9.17, 15) is 18.0 Å². The van der Waals surface area contributed by atoms with Crippen LogP contribution in [0.3, 0.4) is 0 Å². The Balaban J connectivity index is 3.18. The normalized spacial score (nSPS) is 13.5. The quantitative estimate of drug-likeness (QED) is 0.884. The van der Waals surface area contributed by atoms with E-state index in [0.717, 1.165) is 6.07 Å². The van der Waals surface area contributed by atoms with E-state index in [1.54, 1.807) is 0 Å². The zero-order valence-electron chi connectivity index (χ0n) is 8.46. The van der Waals surface area contributed by atoms with Gasteiger partial charge in [0.1, 0.15) is 6.04 Å². The number of halogens is 4. The molecule has 0 bridgehead atoms. The Labute approximate surface area is 100.0 Å². The predicted octanol–water partition coefficient (Wildman–Crippen LogP) is 2.53. The van der Waals surface area contributed by atoms with Crippen LogP contribution in [0.1, 0.15) is 17.2 Å². The van der Waals surface area contributed by atoms with Crippen molar-refractivity contribution in [3.63, 3.8) is 0 Å². The highest BCUT2D eigenvalue weighted by atomic mass is 35.5. The third kappa shape index (κ3) is 3.61. The molecule has 3 N–H and O–H groups in total. The van der Waals surface area contributed by atoms with Crippen molar-refractivity contribution >= 4 is 17.6 Å². The largest absolute Gasteiger partial charge is 0.481 e. The second kappa shape index (κ2) is 4.93. The first-order chi connectivity index (χ1) is 7.71. The third-order valence-electron chi connectivity index (χ3n) is 2.13. The Morgan fingerprint density at radius 1 is 1.47 bits per heavy atom. The van der Waals surface area contributed by atoms with Crippen molar-refractivity contribution in [1.29, 1.82) is 0 Å². The summed E-state index contributed by atoms with van der Waals surface area (Å²) in [5.74, 6) is -1.25. The molecule has 17 heavy (non-hydrogen) atoms. The van der Waals surface area contributed by atoms with Crippen LogP contribution in [0.2, 0.25) is 5.02 Å². The van der Waals surface area contributed by atoms with E-state index in [4.69, 9.17) is 22.4 Å². The summed E-state index contributed by atoms with van der Waals surface area (Å²) in [4.78, 5) is 10.5. The molecule has 1 atom stereocenters. The van der Waals surface area contributed by atoms with Crippen LogP contribution in [-0.2, 0) is 11.2 Å². The van der Waals surface area contributed by atoms with Gasteiger partial charge in [0.25, 0.3) is 0 Å². The number of carboxylic acid groups (broad SMARTS) is 1. The number of carbonyl (C=O) groups is 1. The van der Waals surface area contributed by atoms with Crippen LogP contribution in [-0.4, -0.2) is 17.3 Å². The molecular formula is C10H9ClF3NO2. The smallest absolute Gasteiger partial charge is 0.407 e. The van der Waals surface area contributed by atoms with Crippen LogP contribution in [0.15, 0.2) is 18.2 Å². The summed E-state index contributed by atoms with van der Waals surface area (Å²) in [6.07, 6.45) is -5.18. The summed E-state index contributed by atoms with van der Waals surface area (Å²) in [7, 11) is 0. The SMILES string of the molecule is N[C@H](c1ccc(Cl)cc1CC(=O)O)C(F)(F)F. The van der Waals surface area contributed by atoms with Gasteiger partial charge in [0.15, 0.2) is 0 Å². The van der Waals surface area contributed by atoms with Gasteiger partial charge in [-0.3, -0.25) is 4.79 Å². The van der Waals surface area contributed by atoms with Crippen molar-refractivity contribution in [3.05, 3.63) is 34.3 Å². The van der Waals surface area contributed by atoms with Crippen molar-refractivity contribution in [1.82, 2.24) is 0 Å². The topological polar surface area (TPSA) is 63.3 Å². The molecule has 0 saturated carbocycles. The van der Waals surface area contributed by atoms with E-state index < -0.39 is 24.6 Å². The highest BCUT2D eigenvalue weighted by Crippen LogP contribution is 2.33. The number of hydrogen-bond donors (Lipinski definition) is 2. The fourth-order valence-electron chi connectivity index (χ4n) is 1.37. The molecule has 94 valence electrons. The number of benzene rings is 1. The van der Waals surface area contributed by atoms with Crippen LogP contribution >= 0.6 is 11.6 Å². The molecule has 0 radical (unpaired) electrons. The van der Waals surface area contributed by atoms with Crippen LogP contribution in [0.25, 0.3) is 0 Å².